The summed E-state index contributed by atoms with van der Waals surface area (Å²) in [5, 5.41) is 7.69. The Morgan fingerprint density at radius 2 is 2.04 bits per heavy atom. The van der Waals surface area contributed by atoms with E-state index in [4.69, 9.17) is 9.26 Å². The van der Waals surface area contributed by atoms with Crippen molar-refractivity contribution in [2.45, 2.75) is 39.7 Å². The molecule has 1 amide bonds. The summed E-state index contributed by atoms with van der Waals surface area (Å²) in [6.45, 7) is 7.88. The molecule has 1 aliphatic heterocycles. The Bertz CT molecular complexity index is 728. The quantitative estimate of drug-likeness (QED) is 0.717. The third-order valence-corrected chi connectivity index (χ3v) is 5.52. The molecule has 1 N–H and O–H groups in total. The molecule has 0 radical (unpaired) electrons. The summed E-state index contributed by atoms with van der Waals surface area (Å²) >= 11 is 0. The zero-order valence-electron chi connectivity index (χ0n) is 16.9. The fourth-order valence-electron chi connectivity index (χ4n) is 3.87. The molecule has 6 heteroatoms. The molecule has 1 aliphatic rings. The molecule has 1 aromatic heterocycles. The average molecular weight is 386 g/mol. The van der Waals surface area contributed by atoms with E-state index in [-0.39, 0.29) is 5.91 Å². The number of piperidine rings is 1. The first-order chi connectivity index (χ1) is 13.7. The lowest BCUT2D eigenvalue weighted by Gasteiger charge is -2.32. The Morgan fingerprint density at radius 3 is 2.79 bits per heavy atom. The molecule has 3 rings (SSSR count). The lowest BCUT2D eigenvalue weighted by atomic mass is 9.81. The molecule has 0 aliphatic carbocycles. The average Bonchev–Trinajstić information content (AvgIpc) is 3.17. The Balaban J connectivity index is 1.55. The summed E-state index contributed by atoms with van der Waals surface area (Å²) in [6.07, 6.45) is 2.47. The summed E-state index contributed by atoms with van der Waals surface area (Å²) in [6, 6.07) is 11.7. The number of aromatic nitrogens is 1. The summed E-state index contributed by atoms with van der Waals surface area (Å²) in [4.78, 5) is 14.5. The van der Waals surface area contributed by atoms with Crippen molar-refractivity contribution in [1.82, 2.24) is 15.4 Å². The Kier molecular flexibility index (Phi) is 7.48. The molecule has 0 bridgehead atoms. The van der Waals surface area contributed by atoms with E-state index in [9.17, 15) is 4.79 Å². The van der Waals surface area contributed by atoms with Crippen LogP contribution >= 0.6 is 0 Å². The Labute approximate surface area is 167 Å². The number of amides is 1. The molecule has 6 nitrogen and oxygen atoms in total. The van der Waals surface area contributed by atoms with Gasteiger partial charge in [-0.05, 0) is 63.7 Å². The predicted molar refractivity (Wildman–Crippen MR) is 108 cm³/mol. The fourth-order valence-corrected chi connectivity index (χ4v) is 3.87. The van der Waals surface area contributed by atoms with Gasteiger partial charge in [0.2, 0.25) is 5.91 Å². The number of hydrogen-bond donors (Lipinski definition) is 1. The van der Waals surface area contributed by atoms with Gasteiger partial charge in [0, 0.05) is 25.6 Å². The van der Waals surface area contributed by atoms with Crippen molar-refractivity contribution < 1.29 is 14.1 Å². The van der Waals surface area contributed by atoms with Gasteiger partial charge in [0.15, 0.2) is 5.76 Å². The van der Waals surface area contributed by atoms with Crippen LogP contribution < -0.4 is 10.1 Å². The van der Waals surface area contributed by atoms with Crippen LogP contribution in [0.15, 0.2) is 40.9 Å². The zero-order chi connectivity index (χ0) is 19.8. The van der Waals surface area contributed by atoms with Gasteiger partial charge >= 0.3 is 0 Å². The van der Waals surface area contributed by atoms with E-state index in [0.29, 0.717) is 24.9 Å². The van der Waals surface area contributed by atoms with Gasteiger partial charge in [0.1, 0.15) is 12.4 Å². The van der Waals surface area contributed by atoms with Crippen LogP contribution in [0.1, 0.15) is 38.1 Å². The largest absolute Gasteiger partial charge is 0.486 e. The molecule has 152 valence electrons. The minimum absolute atomic E-state index is 0.263. The number of rotatable bonds is 9. The molecule has 1 aromatic carbocycles. The van der Waals surface area contributed by atoms with Gasteiger partial charge in [-0.1, -0.05) is 23.4 Å². The maximum atomic E-state index is 12.6. The van der Waals surface area contributed by atoms with Gasteiger partial charge in [-0.15, -0.1) is 0 Å². The highest BCUT2D eigenvalue weighted by Crippen LogP contribution is 2.27. The normalized spacial score (nSPS) is 19.4. The second-order valence-corrected chi connectivity index (χ2v) is 7.37. The highest BCUT2D eigenvalue weighted by Gasteiger charge is 2.29. The maximum Gasteiger partial charge on any atom is 0.222 e. The zero-order valence-corrected chi connectivity index (χ0v) is 16.9. The minimum Gasteiger partial charge on any atom is -0.486 e. The first-order valence-electron chi connectivity index (χ1n) is 10.3. The fraction of sp³-hybridized carbons (Fsp3) is 0.545. The van der Waals surface area contributed by atoms with Gasteiger partial charge in [-0.2, -0.15) is 0 Å². The predicted octanol–water partition coefficient (Wildman–Crippen LogP) is 3.28. The number of benzene rings is 1. The molecule has 2 atom stereocenters. The number of carbonyl (C=O) groups excluding carboxylic acids is 1. The monoisotopic (exact) mass is 385 g/mol. The summed E-state index contributed by atoms with van der Waals surface area (Å²) < 4.78 is 11.2. The van der Waals surface area contributed by atoms with Crippen LogP contribution in [0, 0.1) is 11.8 Å². The molecule has 2 heterocycles. The van der Waals surface area contributed by atoms with Crippen molar-refractivity contribution >= 4 is 5.91 Å². The third kappa shape index (κ3) is 5.58. The van der Waals surface area contributed by atoms with Crippen molar-refractivity contribution in [2.24, 2.45) is 11.8 Å². The second-order valence-electron chi connectivity index (χ2n) is 7.37. The molecule has 0 saturated carbocycles. The lowest BCUT2D eigenvalue weighted by Crippen LogP contribution is -2.41. The Morgan fingerprint density at radius 1 is 1.25 bits per heavy atom. The molecule has 2 aromatic rings. The van der Waals surface area contributed by atoms with Crippen LogP contribution in [0.3, 0.4) is 0 Å². The van der Waals surface area contributed by atoms with E-state index in [2.05, 4.69) is 10.5 Å². The number of nitrogens with one attached hydrogen (secondary N) is 1. The smallest absolute Gasteiger partial charge is 0.222 e. The highest BCUT2D eigenvalue weighted by atomic mass is 16.5. The SMILES string of the molecule is CCN(CC)C(=O)C[C@@H]1CCNC[C@@H]1Cc1cc(COc2ccccc2)on1. The van der Waals surface area contributed by atoms with Crippen molar-refractivity contribution in [2.75, 3.05) is 26.2 Å². The van der Waals surface area contributed by atoms with Crippen LogP contribution in [0.25, 0.3) is 0 Å². The van der Waals surface area contributed by atoms with Gasteiger partial charge < -0.3 is 19.5 Å². The van der Waals surface area contributed by atoms with E-state index in [0.717, 1.165) is 56.2 Å². The number of ether oxygens (including phenoxy) is 1. The minimum atomic E-state index is 0.263. The molecule has 28 heavy (non-hydrogen) atoms. The molecule has 0 spiro atoms. The van der Waals surface area contributed by atoms with Gasteiger partial charge in [0.25, 0.3) is 0 Å². The van der Waals surface area contributed by atoms with Gasteiger partial charge in [-0.3, -0.25) is 4.79 Å². The second kappa shape index (κ2) is 10.3. The van der Waals surface area contributed by atoms with Crippen molar-refractivity contribution in [1.29, 1.82) is 0 Å². The van der Waals surface area contributed by atoms with Crippen LogP contribution in [-0.4, -0.2) is 42.1 Å². The molecule has 0 unspecified atom stereocenters. The van der Waals surface area contributed by atoms with E-state index in [1.807, 2.05) is 55.1 Å². The third-order valence-electron chi connectivity index (χ3n) is 5.52. The number of hydrogen-bond acceptors (Lipinski definition) is 5. The summed E-state index contributed by atoms with van der Waals surface area (Å²) in [5.74, 6) is 2.57. The van der Waals surface area contributed by atoms with Crippen LogP contribution in [0.4, 0.5) is 0 Å². The summed E-state index contributed by atoms with van der Waals surface area (Å²) in [5.41, 5.74) is 0.931. The van der Waals surface area contributed by atoms with Crippen molar-refractivity contribution in [3.8, 4) is 5.75 Å². The summed E-state index contributed by atoms with van der Waals surface area (Å²) in [7, 11) is 0. The van der Waals surface area contributed by atoms with Crippen molar-refractivity contribution in [3.63, 3.8) is 0 Å². The topological polar surface area (TPSA) is 67.6 Å². The maximum absolute atomic E-state index is 12.6. The molecule has 1 saturated heterocycles. The van der Waals surface area contributed by atoms with Crippen LogP contribution in [-0.2, 0) is 17.8 Å². The first-order valence-corrected chi connectivity index (χ1v) is 10.3. The van der Waals surface area contributed by atoms with Crippen LogP contribution in [0.5, 0.6) is 5.75 Å². The molecule has 1 fully saturated rings. The van der Waals surface area contributed by atoms with Gasteiger partial charge in [-0.25, -0.2) is 0 Å². The van der Waals surface area contributed by atoms with E-state index in [1.165, 1.54) is 0 Å². The van der Waals surface area contributed by atoms with Gasteiger partial charge in [0.05, 0.1) is 5.69 Å². The number of carbonyl (C=O) groups is 1. The standard InChI is InChI=1S/C22H31N3O3/c1-3-25(4-2)22(26)13-17-10-11-23-15-18(17)12-19-14-21(28-24-19)16-27-20-8-6-5-7-9-20/h5-9,14,17-18,23H,3-4,10-13,15-16H2,1-2H3/t17-,18-/m0/s1. The number of para-hydroxylation sites is 1. The molecular formula is C22H31N3O3. The van der Waals surface area contributed by atoms with Crippen molar-refractivity contribution in [3.05, 3.63) is 47.9 Å². The number of nitrogens with zero attached hydrogens (tertiary/aromatic N) is 2. The first kappa shape index (κ1) is 20.4. The lowest BCUT2D eigenvalue weighted by molar-refractivity contribution is -0.132. The van der Waals surface area contributed by atoms with E-state index >= 15 is 0 Å². The van der Waals surface area contributed by atoms with E-state index < -0.39 is 0 Å². The highest BCUT2D eigenvalue weighted by molar-refractivity contribution is 5.76. The van der Waals surface area contributed by atoms with E-state index in [1.54, 1.807) is 0 Å². The molecular weight excluding hydrogens is 354 g/mol. The van der Waals surface area contributed by atoms with Crippen LogP contribution in [0.2, 0.25) is 0 Å². The Hall–Kier alpha value is -2.34.